The van der Waals surface area contributed by atoms with Crippen molar-refractivity contribution in [3.05, 3.63) is 66.0 Å². The number of carboxylic acids is 1. The number of nitrogens with zero attached hydrogens (tertiary/aromatic N) is 4. The van der Waals surface area contributed by atoms with Gasteiger partial charge in [0, 0.05) is 68.9 Å². The van der Waals surface area contributed by atoms with Gasteiger partial charge in [0.2, 0.25) is 17.6 Å². The third kappa shape index (κ3) is 39.6. The number of amides is 2. The average Bonchev–Trinajstić information content (AvgIpc) is 3.79. The van der Waals surface area contributed by atoms with Crippen molar-refractivity contribution in [3.63, 3.8) is 0 Å². The van der Waals surface area contributed by atoms with Crippen LogP contribution in [0.25, 0.3) is 11.4 Å². The Morgan fingerprint density at radius 1 is 0.528 bits per heavy atom. The third-order valence-electron chi connectivity index (χ3n) is 12.7. The minimum atomic E-state index is -0.966. The molecule has 2 aromatic carbocycles. The Morgan fingerprint density at radius 2 is 0.955 bits per heavy atom. The molecule has 0 aliphatic carbocycles. The molecule has 30 nitrogen and oxygen atoms in total. The molecule has 1 aliphatic rings. The molecule has 4 atom stereocenters. The fourth-order valence-electron chi connectivity index (χ4n) is 8.27. The number of carbonyl (C=O) groups excluding carboxylic acids is 4. The summed E-state index contributed by atoms with van der Waals surface area (Å²) in [5.74, 6) is -0.797. The number of benzene rings is 2. The Kier molecular flexibility index (Phi) is 43.7. The summed E-state index contributed by atoms with van der Waals surface area (Å²) in [6.07, 6.45) is 2.53. The van der Waals surface area contributed by atoms with Gasteiger partial charge in [-0.3, -0.25) is 24.0 Å². The van der Waals surface area contributed by atoms with Crippen molar-refractivity contribution in [1.82, 2.24) is 52.3 Å². The van der Waals surface area contributed by atoms with Crippen LogP contribution in [0.1, 0.15) is 36.8 Å². The Labute approximate surface area is 525 Å². The van der Waals surface area contributed by atoms with Gasteiger partial charge in [-0.05, 0) is 48.3 Å². The zero-order valence-corrected chi connectivity index (χ0v) is 51.5. The number of ether oxygens (including phenoxy) is 13. The fraction of sp³-hybridized carbons (Fsp3) is 0.655. The van der Waals surface area contributed by atoms with E-state index in [4.69, 9.17) is 73.8 Å². The Morgan fingerprint density at radius 3 is 1.43 bits per heavy atom. The van der Waals surface area contributed by atoms with Crippen LogP contribution in [0.5, 0.6) is 0 Å². The van der Waals surface area contributed by atoms with Crippen LogP contribution < -0.4 is 37.2 Å². The first-order valence-electron chi connectivity index (χ1n) is 29.9. The van der Waals surface area contributed by atoms with Crippen LogP contribution in [-0.4, -0.2) is 270 Å². The maximum absolute atomic E-state index is 12.2. The van der Waals surface area contributed by atoms with E-state index in [9.17, 15) is 29.1 Å². The molecule has 2 amide bonds. The number of hydrogen-bond donors (Lipinski definition) is 8. The van der Waals surface area contributed by atoms with E-state index in [0.717, 1.165) is 22.4 Å². The number of thiocarbonyl (C=S) groups is 1. The molecule has 89 heavy (non-hydrogen) atoms. The highest BCUT2D eigenvalue weighted by Crippen LogP contribution is 2.16. The number of carboxylic acid groups (broad SMARTS) is 1. The molecule has 0 radical (unpaired) electrons. The first-order chi connectivity index (χ1) is 43.7. The molecule has 4 rings (SSSR count). The molecule has 31 heteroatoms. The van der Waals surface area contributed by atoms with E-state index in [1.807, 2.05) is 48.5 Å². The number of aliphatic carboxylic acids is 1. The first kappa shape index (κ1) is 75.3. The summed E-state index contributed by atoms with van der Waals surface area (Å²) in [6, 6.07) is 13.7. The maximum atomic E-state index is 12.2. The predicted molar refractivity (Wildman–Crippen MR) is 326 cm³/mol. The van der Waals surface area contributed by atoms with E-state index in [2.05, 4.69) is 57.6 Å². The van der Waals surface area contributed by atoms with Gasteiger partial charge < -0.3 is 104 Å². The predicted octanol–water partition coefficient (Wildman–Crippen LogP) is -0.375. The third-order valence-corrected chi connectivity index (χ3v) is 13.0. The number of rotatable bonds is 54. The van der Waals surface area contributed by atoms with Gasteiger partial charge in [-0.1, -0.05) is 36.4 Å². The van der Waals surface area contributed by atoms with Crippen LogP contribution in [0.4, 0.5) is 5.69 Å². The minimum absolute atomic E-state index is 0.0701. The van der Waals surface area contributed by atoms with Gasteiger partial charge in [-0.25, -0.2) is 0 Å². The molecule has 0 spiro atoms. The average molecular weight is 1280 g/mol. The molecule has 1 aromatic heterocycles. The van der Waals surface area contributed by atoms with Crippen LogP contribution in [0, 0.1) is 0 Å². The molecular weight excluding hydrogens is 1190 g/mol. The smallest absolute Gasteiger partial charge is 0.304 e. The van der Waals surface area contributed by atoms with Crippen LogP contribution in [0.2, 0.25) is 0 Å². The van der Waals surface area contributed by atoms with Gasteiger partial charge in [-0.2, -0.15) is 0 Å². The number of aromatic nitrogens is 4. The largest absolute Gasteiger partial charge is 0.481 e. The van der Waals surface area contributed by atoms with Crippen LogP contribution >= 0.6 is 12.2 Å². The lowest BCUT2D eigenvalue weighted by Crippen LogP contribution is -2.54. The summed E-state index contributed by atoms with van der Waals surface area (Å²) >= 11 is 5.45. The Balaban J connectivity index is 0.809. The van der Waals surface area contributed by atoms with Crippen molar-refractivity contribution in [2.75, 3.05) is 190 Å². The van der Waals surface area contributed by atoms with Gasteiger partial charge in [0.25, 0.3) is 12.9 Å². The van der Waals surface area contributed by atoms with E-state index in [1.54, 1.807) is 0 Å². The molecule has 2 heterocycles. The molecule has 1 fully saturated rings. The lowest BCUT2D eigenvalue weighted by Gasteiger charge is -2.30. The zero-order chi connectivity index (χ0) is 63.3. The summed E-state index contributed by atoms with van der Waals surface area (Å²) in [6.45, 7) is 12.4. The SMILES string of the molecule is O=COCC1CNC(CC(=O)O)C(Cc2ccc(NC(=S)NCCOCCOCCOCCOCCOCCOCCOCCOCCOCCOCCOCCNC(=O)CCCC(=O)NCc3ccc(-c4nncnn4)cc3)cc2)NC(COC=O)CN1. The van der Waals surface area contributed by atoms with Crippen molar-refractivity contribution in [3.8, 4) is 11.4 Å². The number of anilines is 1. The molecule has 3 aromatic rings. The second-order valence-electron chi connectivity index (χ2n) is 19.6. The van der Waals surface area contributed by atoms with Crippen molar-refractivity contribution in [1.29, 1.82) is 0 Å². The minimum Gasteiger partial charge on any atom is -0.481 e. The van der Waals surface area contributed by atoms with Crippen LogP contribution in [0.3, 0.4) is 0 Å². The second kappa shape index (κ2) is 51.6. The van der Waals surface area contributed by atoms with Crippen molar-refractivity contribution < 1.29 is 90.7 Å². The van der Waals surface area contributed by atoms with E-state index in [1.165, 1.54) is 6.33 Å². The molecule has 1 saturated heterocycles. The normalized spacial score (nSPS) is 15.9. The monoisotopic (exact) mass is 1280 g/mol. The standard InChI is InChI=1S/C58H91N11O19S/c70-44-87-41-50-39-62-52(37-56(74)75)53(66-51(40-61-50)42-88-45-71)36-46-6-10-49(11-7-46)67-58(89)60-13-15-77-17-19-79-21-23-81-25-27-83-29-31-85-33-35-86-34-32-84-30-28-82-26-24-80-22-20-78-18-16-76-14-12-59-54(72)2-1-3-55(73)63-38-47-4-8-48(9-5-47)57-68-64-43-65-69-57/h4-11,43-45,50-53,61-62,66H,1-3,12-42H2,(H,59,72)(H,63,73)(H,74,75)(H2,60,67,89). The molecular formula is C58H91N11O19S. The Hall–Kier alpha value is -6.14. The van der Waals surface area contributed by atoms with Crippen molar-refractivity contribution in [2.45, 2.75) is 62.8 Å². The topological polar surface area (TPSA) is 361 Å². The molecule has 8 N–H and O–H groups in total. The number of nitrogens with one attached hydrogen (secondary N) is 7. The van der Waals surface area contributed by atoms with Crippen LogP contribution in [-0.2, 0) is 98.5 Å². The highest BCUT2D eigenvalue weighted by molar-refractivity contribution is 7.80. The summed E-state index contributed by atoms with van der Waals surface area (Å²) in [5, 5.41) is 47.4. The van der Waals surface area contributed by atoms with E-state index < -0.39 is 12.0 Å². The van der Waals surface area contributed by atoms with E-state index in [-0.39, 0.29) is 62.4 Å². The zero-order valence-electron chi connectivity index (χ0n) is 50.7. The van der Waals surface area contributed by atoms with Gasteiger partial charge in [0.1, 0.15) is 13.2 Å². The van der Waals surface area contributed by atoms with Crippen LogP contribution in [0.15, 0.2) is 54.9 Å². The summed E-state index contributed by atoms with van der Waals surface area (Å²) in [5.41, 5.74) is 3.42. The lowest BCUT2D eigenvalue weighted by molar-refractivity contribution is -0.138. The quantitative estimate of drug-likeness (QED) is 0.0203. The maximum Gasteiger partial charge on any atom is 0.304 e. The first-order valence-corrected chi connectivity index (χ1v) is 30.3. The summed E-state index contributed by atoms with van der Waals surface area (Å²) in [4.78, 5) is 57.9. The van der Waals surface area contributed by atoms with Gasteiger partial charge in [0.15, 0.2) is 11.4 Å². The summed E-state index contributed by atoms with van der Waals surface area (Å²) in [7, 11) is 0. The molecule has 1 aliphatic heterocycles. The number of hydrogen-bond acceptors (Lipinski definition) is 26. The number of carbonyl (C=O) groups is 5. The van der Waals surface area contributed by atoms with E-state index in [0.29, 0.717) is 215 Å². The lowest BCUT2D eigenvalue weighted by atomic mass is 9.95. The highest BCUT2D eigenvalue weighted by atomic mass is 32.1. The Bertz CT molecular complexity index is 2310. The molecule has 498 valence electrons. The van der Waals surface area contributed by atoms with E-state index >= 15 is 0 Å². The van der Waals surface area contributed by atoms with Gasteiger partial charge in [0.05, 0.1) is 164 Å². The molecule has 0 bridgehead atoms. The highest BCUT2D eigenvalue weighted by Gasteiger charge is 2.30. The molecule has 4 unspecified atom stereocenters. The molecule has 0 saturated carbocycles. The van der Waals surface area contributed by atoms with Gasteiger partial charge in [-0.15, -0.1) is 20.4 Å². The fourth-order valence-corrected chi connectivity index (χ4v) is 8.49. The van der Waals surface area contributed by atoms with Crippen molar-refractivity contribution >= 4 is 53.7 Å². The summed E-state index contributed by atoms with van der Waals surface area (Å²) < 4.78 is 70.9. The van der Waals surface area contributed by atoms with Crippen molar-refractivity contribution in [2.24, 2.45) is 0 Å². The second-order valence-corrected chi connectivity index (χ2v) is 20.0. The van der Waals surface area contributed by atoms with Gasteiger partial charge >= 0.3 is 5.97 Å².